The Morgan fingerprint density at radius 1 is 0.857 bits per heavy atom. The summed E-state index contributed by atoms with van der Waals surface area (Å²) >= 11 is 0. The first-order valence-corrected chi connectivity index (χ1v) is 12.2. The first kappa shape index (κ1) is 26.1. The van der Waals surface area contributed by atoms with E-state index in [0.717, 1.165) is 42.4 Å². The van der Waals surface area contributed by atoms with Gasteiger partial charge in [-0.25, -0.2) is 0 Å². The van der Waals surface area contributed by atoms with Gasteiger partial charge in [-0.1, -0.05) is 102 Å². The third-order valence-electron chi connectivity index (χ3n) is 6.80. The van der Waals surface area contributed by atoms with Crippen LogP contribution in [0.3, 0.4) is 0 Å². The molecule has 3 aromatic carbocycles. The molecule has 0 radical (unpaired) electrons. The van der Waals surface area contributed by atoms with Gasteiger partial charge in [0.05, 0.1) is 4.92 Å². The van der Waals surface area contributed by atoms with Crippen LogP contribution in [-0.4, -0.2) is 10.0 Å². The smallest absolute Gasteiger partial charge is 0.296 e. The number of nitro benzene ring substituents is 1. The zero-order valence-electron chi connectivity index (χ0n) is 21.3. The zero-order chi connectivity index (χ0) is 25.6. The number of phenolic OH excluding ortho intramolecular Hbond substituents is 1. The van der Waals surface area contributed by atoms with E-state index in [1.807, 2.05) is 42.5 Å². The minimum Gasteiger partial charge on any atom is -0.505 e. The van der Waals surface area contributed by atoms with Gasteiger partial charge in [0.1, 0.15) is 11.4 Å². The molecule has 0 fully saturated rings. The van der Waals surface area contributed by atoms with E-state index < -0.39 is 4.92 Å². The predicted molar refractivity (Wildman–Crippen MR) is 141 cm³/mol. The minimum atomic E-state index is -0.458. The van der Waals surface area contributed by atoms with E-state index in [0.29, 0.717) is 5.69 Å². The molecule has 3 rings (SSSR count). The molecule has 6 nitrogen and oxygen atoms in total. The van der Waals surface area contributed by atoms with Crippen molar-refractivity contribution in [3.8, 4) is 5.75 Å². The van der Waals surface area contributed by atoms with Crippen LogP contribution >= 0.6 is 0 Å². The van der Waals surface area contributed by atoms with Gasteiger partial charge in [-0.15, -0.1) is 10.2 Å². The van der Waals surface area contributed by atoms with E-state index in [4.69, 9.17) is 0 Å². The van der Waals surface area contributed by atoms with Gasteiger partial charge < -0.3 is 5.11 Å². The number of rotatable bonds is 10. The lowest BCUT2D eigenvalue weighted by Gasteiger charge is -2.26. The number of phenols is 1. The van der Waals surface area contributed by atoms with Crippen molar-refractivity contribution >= 4 is 17.1 Å². The molecule has 0 aliphatic rings. The van der Waals surface area contributed by atoms with Gasteiger partial charge in [0, 0.05) is 17.0 Å². The molecule has 0 aliphatic heterocycles. The standard InChI is InChI=1S/C29H35N3O3/c1-6-7-11-19-28(2,3)23-15-12-16-24(27(23)33)30-31-25-20-22(17-18-26(25)32(34)35)29(4,5)21-13-9-8-10-14-21/h8-10,12-18,20,33H,6-7,11,19H2,1-5H3. The Morgan fingerprint density at radius 2 is 1.54 bits per heavy atom. The Morgan fingerprint density at radius 3 is 2.20 bits per heavy atom. The Balaban J connectivity index is 1.99. The second kappa shape index (κ2) is 10.8. The second-order valence-corrected chi connectivity index (χ2v) is 10.2. The van der Waals surface area contributed by atoms with Crippen LogP contribution in [0.4, 0.5) is 17.1 Å². The number of unbranched alkanes of at least 4 members (excludes halogenated alkanes) is 2. The highest BCUT2D eigenvalue weighted by Gasteiger charge is 2.27. The maximum atomic E-state index is 11.7. The van der Waals surface area contributed by atoms with E-state index >= 15 is 0 Å². The summed E-state index contributed by atoms with van der Waals surface area (Å²) in [5.74, 6) is 0.0705. The van der Waals surface area contributed by atoms with Crippen molar-refractivity contribution in [2.45, 2.75) is 71.1 Å². The van der Waals surface area contributed by atoms with Crippen LogP contribution in [0.5, 0.6) is 5.75 Å². The summed E-state index contributed by atoms with van der Waals surface area (Å²) in [7, 11) is 0. The van der Waals surface area contributed by atoms with E-state index in [-0.39, 0.29) is 28.0 Å². The molecule has 0 spiro atoms. The normalized spacial score (nSPS) is 12.3. The number of aromatic hydroxyl groups is 1. The van der Waals surface area contributed by atoms with Gasteiger partial charge >= 0.3 is 0 Å². The molecule has 35 heavy (non-hydrogen) atoms. The van der Waals surface area contributed by atoms with E-state index in [9.17, 15) is 15.2 Å². The summed E-state index contributed by atoms with van der Waals surface area (Å²) in [5, 5.41) is 31.2. The molecule has 6 heteroatoms. The molecule has 0 amide bonds. The number of nitrogens with zero attached hydrogens (tertiary/aromatic N) is 3. The van der Waals surface area contributed by atoms with Crippen LogP contribution in [0.15, 0.2) is 77.0 Å². The summed E-state index contributed by atoms with van der Waals surface area (Å²) < 4.78 is 0. The molecule has 0 aliphatic carbocycles. The molecule has 184 valence electrons. The highest BCUT2D eigenvalue weighted by atomic mass is 16.6. The van der Waals surface area contributed by atoms with Crippen LogP contribution in [0.2, 0.25) is 0 Å². The summed E-state index contributed by atoms with van der Waals surface area (Å²) in [6.07, 6.45) is 4.29. The van der Waals surface area contributed by atoms with Crippen molar-refractivity contribution in [1.29, 1.82) is 0 Å². The van der Waals surface area contributed by atoms with Crippen molar-refractivity contribution < 1.29 is 10.0 Å². The Hall–Kier alpha value is -3.54. The lowest BCUT2D eigenvalue weighted by Crippen LogP contribution is -2.18. The number of azo groups is 1. The minimum absolute atomic E-state index is 0.0705. The van der Waals surface area contributed by atoms with Crippen molar-refractivity contribution in [3.05, 3.63) is 93.5 Å². The van der Waals surface area contributed by atoms with Gasteiger partial charge in [0.2, 0.25) is 0 Å². The summed E-state index contributed by atoms with van der Waals surface area (Å²) in [6, 6.07) is 20.4. The Bertz CT molecular complexity index is 1200. The van der Waals surface area contributed by atoms with Crippen molar-refractivity contribution in [2.75, 3.05) is 0 Å². The maximum absolute atomic E-state index is 11.7. The van der Waals surface area contributed by atoms with Crippen LogP contribution in [0.25, 0.3) is 0 Å². The second-order valence-electron chi connectivity index (χ2n) is 10.2. The molecule has 0 unspecified atom stereocenters. The van der Waals surface area contributed by atoms with E-state index in [1.54, 1.807) is 18.2 Å². The number of nitro groups is 1. The summed E-state index contributed by atoms with van der Waals surface area (Å²) in [6.45, 7) is 10.5. The lowest BCUT2D eigenvalue weighted by atomic mass is 9.78. The fraction of sp³-hybridized carbons (Fsp3) is 0.379. The van der Waals surface area contributed by atoms with Gasteiger partial charge in [-0.3, -0.25) is 10.1 Å². The molecule has 0 saturated heterocycles. The molecular formula is C29H35N3O3. The van der Waals surface area contributed by atoms with Crippen LogP contribution in [0, 0.1) is 10.1 Å². The monoisotopic (exact) mass is 473 g/mol. The van der Waals surface area contributed by atoms with Crippen LogP contribution in [-0.2, 0) is 10.8 Å². The molecule has 1 N–H and O–H groups in total. The van der Waals surface area contributed by atoms with Gasteiger partial charge in [-0.2, -0.15) is 0 Å². The summed E-state index contributed by atoms with van der Waals surface area (Å²) in [5.41, 5.74) is 2.50. The fourth-order valence-corrected chi connectivity index (χ4v) is 4.39. The van der Waals surface area contributed by atoms with Crippen molar-refractivity contribution in [1.82, 2.24) is 0 Å². The number of hydrogen-bond acceptors (Lipinski definition) is 5. The largest absolute Gasteiger partial charge is 0.505 e. The van der Waals surface area contributed by atoms with Gasteiger partial charge in [-0.05, 0) is 35.1 Å². The molecule has 0 heterocycles. The van der Waals surface area contributed by atoms with E-state index in [1.165, 1.54) is 6.07 Å². The average molecular weight is 474 g/mol. The number of hydrogen-bond donors (Lipinski definition) is 1. The molecule has 0 saturated carbocycles. The van der Waals surface area contributed by atoms with Gasteiger partial charge in [0.15, 0.2) is 5.69 Å². The third-order valence-corrected chi connectivity index (χ3v) is 6.80. The van der Waals surface area contributed by atoms with Crippen LogP contribution in [0.1, 0.15) is 77.0 Å². The predicted octanol–water partition coefficient (Wildman–Crippen LogP) is 8.90. The van der Waals surface area contributed by atoms with Crippen molar-refractivity contribution in [2.24, 2.45) is 10.2 Å². The quantitative estimate of drug-likeness (QED) is 0.138. The molecular weight excluding hydrogens is 438 g/mol. The SMILES string of the molecule is CCCCCC(C)(C)c1cccc(N=Nc2cc(C(C)(C)c3ccccc3)ccc2[N+](=O)[O-])c1O. The fourth-order valence-electron chi connectivity index (χ4n) is 4.39. The Kier molecular flexibility index (Phi) is 8.05. The number of para-hydroxylation sites is 1. The van der Waals surface area contributed by atoms with Crippen LogP contribution < -0.4 is 0 Å². The summed E-state index contributed by atoms with van der Waals surface area (Å²) in [4.78, 5) is 11.2. The third kappa shape index (κ3) is 5.94. The first-order chi connectivity index (χ1) is 16.6. The maximum Gasteiger partial charge on any atom is 0.296 e. The van der Waals surface area contributed by atoms with E-state index in [2.05, 4.69) is 44.8 Å². The molecule has 0 bridgehead atoms. The first-order valence-electron chi connectivity index (χ1n) is 12.2. The molecule has 0 atom stereocenters. The number of benzene rings is 3. The Labute approximate surface area is 207 Å². The van der Waals surface area contributed by atoms with Crippen molar-refractivity contribution in [3.63, 3.8) is 0 Å². The van der Waals surface area contributed by atoms with Gasteiger partial charge in [0.25, 0.3) is 5.69 Å². The topological polar surface area (TPSA) is 88.1 Å². The highest BCUT2D eigenvalue weighted by Crippen LogP contribution is 2.42. The average Bonchev–Trinajstić information content (AvgIpc) is 2.83. The highest BCUT2D eigenvalue weighted by molar-refractivity contribution is 5.62. The molecule has 3 aromatic rings. The molecule has 0 aromatic heterocycles. The lowest BCUT2D eigenvalue weighted by molar-refractivity contribution is -0.384. The zero-order valence-corrected chi connectivity index (χ0v) is 21.3.